The highest BCUT2D eigenvalue weighted by Crippen LogP contribution is 2.38. The average molecular weight is 480 g/mol. The van der Waals surface area contributed by atoms with Crippen LogP contribution in [-0.2, 0) is 11.3 Å². The summed E-state index contributed by atoms with van der Waals surface area (Å²) in [6.07, 6.45) is 0. The maximum atomic E-state index is 12.8. The van der Waals surface area contributed by atoms with E-state index in [1.807, 2.05) is 37.3 Å². The molecule has 2 heterocycles. The number of morpholine rings is 1. The first-order chi connectivity index (χ1) is 16.9. The van der Waals surface area contributed by atoms with Gasteiger partial charge in [-0.1, -0.05) is 26.0 Å². The highest BCUT2D eigenvalue weighted by Gasteiger charge is 2.24. The van der Waals surface area contributed by atoms with Gasteiger partial charge < -0.3 is 19.9 Å². The molecular formula is C26H33N5O4. The summed E-state index contributed by atoms with van der Waals surface area (Å²) >= 11 is 0. The molecule has 9 nitrogen and oxygen atoms in total. The van der Waals surface area contributed by atoms with Crippen molar-refractivity contribution >= 4 is 5.91 Å². The Morgan fingerprint density at radius 1 is 1.17 bits per heavy atom. The van der Waals surface area contributed by atoms with Crippen molar-refractivity contribution in [3.05, 3.63) is 53.3 Å². The van der Waals surface area contributed by atoms with Gasteiger partial charge in [-0.25, -0.2) is 0 Å². The van der Waals surface area contributed by atoms with Gasteiger partial charge in [-0.3, -0.25) is 14.3 Å². The van der Waals surface area contributed by atoms with E-state index < -0.39 is 0 Å². The third-order valence-corrected chi connectivity index (χ3v) is 6.12. The van der Waals surface area contributed by atoms with Crippen LogP contribution in [0.4, 0.5) is 0 Å². The first-order valence-electron chi connectivity index (χ1n) is 12.0. The molecule has 0 radical (unpaired) electrons. The summed E-state index contributed by atoms with van der Waals surface area (Å²) in [6.45, 7) is 10.6. The van der Waals surface area contributed by atoms with Crippen LogP contribution in [-0.4, -0.2) is 70.6 Å². The number of benzene rings is 2. The molecular weight excluding hydrogens is 446 g/mol. The van der Waals surface area contributed by atoms with Crippen LogP contribution in [0.1, 0.15) is 48.4 Å². The SMILES string of the molecule is CCNC(=O)c1nnc(-c2cc(C(C)C)c(OC)cc2O)n1-c1ccc(CN2CCOCC2)cc1. The molecule has 1 fully saturated rings. The molecule has 1 amide bonds. The fourth-order valence-corrected chi connectivity index (χ4v) is 4.25. The van der Waals surface area contributed by atoms with Crippen LogP contribution in [0.3, 0.4) is 0 Å². The third kappa shape index (κ3) is 5.31. The second-order valence-corrected chi connectivity index (χ2v) is 8.86. The molecule has 0 atom stereocenters. The third-order valence-electron chi connectivity index (χ3n) is 6.12. The van der Waals surface area contributed by atoms with E-state index in [1.54, 1.807) is 17.7 Å². The lowest BCUT2D eigenvalue weighted by atomic mass is 9.98. The van der Waals surface area contributed by atoms with Crippen molar-refractivity contribution in [2.24, 2.45) is 0 Å². The van der Waals surface area contributed by atoms with Crippen LogP contribution in [0.5, 0.6) is 11.5 Å². The number of hydrogen-bond acceptors (Lipinski definition) is 7. The van der Waals surface area contributed by atoms with Crippen LogP contribution in [0.15, 0.2) is 36.4 Å². The number of carbonyl (C=O) groups is 1. The van der Waals surface area contributed by atoms with Gasteiger partial charge >= 0.3 is 0 Å². The Balaban J connectivity index is 1.77. The van der Waals surface area contributed by atoms with Gasteiger partial charge in [0.15, 0.2) is 5.82 Å². The Hall–Kier alpha value is -3.43. The van der Waals surface area contributed by atoms with Crippen LogP contribution in [0.25, 0.3) is 17.1 Å². The number of methoxy groups -OCH3 is 1. The maximum Gasteiger partial charge on any atom is 0.289 e. The van der Waals surface area contributed by atoms with Gasteiger partial charge in [-0.2, -0.15) is 0 Å². The quantitative estimate of drug-likeness (QED) is 0.511. The van der Waals surface area contributed by atoms with Gasteiger partial charge in [0, 0.05) is 37.9 Å². The number of nitrogens with zero attached hydrogens (tertiary/aromatic N) is 4. The average Bonchev–Trinajstić information content (AvgIpc) is 3.30. The van der Waals surface area contributed by atoms with Crippen molar-refractivity contribution in [2.45, 2.75) is 33.2 Å². The largest absolute Gasteiger partial charge is 0.507 e. The van der Waals surface area contributed by atoms with Crippen LogP contribution in [0.2, 0.25) is 0 Å². The summed E-state index contributed by atoms with van der Waals surface area (Å²) in [6, 6.07) is 11.4. The monoisotopic (exact) mass is 479 g/mol. The summed E-state index contributed by atoms with van der Waals surface area (Å²) in [4.78, 5) is 15.2. The zero-order valence-corrected chi connectivity index (χ0v) is 20.7. The Labute approximate surface area is 205 Å². The molecule has 0 saturated carbocycles. The van der Waals surface area contributed by atoms with Crippen molar-refractivity contribution in [2.75, 3.05) is 40.0 Å². The lowest BCUT2D eigenvalue weighted by Crippen LogP contribution is -2.35. The van der Waals surface area contributed by atoms with Crippen molar-refractivity contribution < 1.29 is 19.4 Å². The van der Waals surface area contributed by atoms with Crippen molar-refractivity contribution in [3.8, 4) is 28.6 Å². The maximum absolute atomic E-state index is 12.8. The normalized spacial score (nSPS) is 14.3. The van der Waals surface area contributed by atoms with Gasteiger partial charge in [0.05, 0.1) is 25.9 Å². The van der Waals surface area contributed by atoms with Crippen molar-refractivity contribution in [1.29, 1.82) is 0 Å². The Morgan fingerprint density at radius 3 is 2.51 bits per heavy atom. The minimum atomic E-state index is -0.333. The fourth-order valence-electron chi connectivity index (χ4n) is 4.25. The van der Waals surface area contributed by atoms with Gasteiger partial charge in [0.25, 0.3) is 5.91 Å². The smallest absolute Gasteiger partial charge is 0.289 e. The molecule has 1 aliphatic heterocycles. The van der Waals surface area contributed by atoms with Gasteiger partial charge in [-0.15, -0.1) is 10.2 Å². The molecule has 2 aromatic carbocycles. The molecule has 35 heavy (non-hydrogen) atoms. The van der Waals surface area contributed by atoms with Crippen LogP contribution in [0, 0.1) is 0 Å². The molecule has 3 aromatic rings. The lowest BCUT2D eigenvalue weighted by molar-refractivity contribution is 0.0342. The predicted octanol–water partition coefficient (Wildman–Crippen LogP) is 3.35. The highest BCUT2D eigenvalue weighted by molar-refractivity contribution is 5.92. The van der Waals surface area contributed by atoms with Crippen molar-refractivity contribution in [3.63, 3.8) is 0 Å². The first-order valence-corrected chi connectivity index (χ1v) is 12.0. The number of aromatic nitrogens is 3. The van der Waals surface area contributed by atoms with E-state index >= 15 is 0 Å². The van der Waals surface area contributed by atoms with E-state index in [4.69, 9.17) is 9.47 Å². The number of hydrogen-bond donors (Lipinski definition) is 2. The summed E-state index contributed by atoms with van der Waals surface area (Å²) in [5, 5.41) is 22.2. The molecule has 1 aromatic heterocycles. The topological polar surface area (TPSA) is 102 Å². The van der Waals surface area contributed by atoms with Crippen molar-refractivity contribution in [1.82, 2.24) is 25.0 Å². The predicted molar refractivity (Wildman–Crippen MR) is 133 cm³/mol. The molecule has 4 rings (SSSR count). The van der Waals surface area contributed by atoms with Crippen LogP contribution < -0.4 is 10.1 Å². The van der Waals surface area contributed by atoms with E-state index in [1.165, 1.54) is 5.56 Å². The fraction of sp³-hybridized carbons (Fsp3) is 0.423. The summed E-state index contributed by atoms with van der Waals surface area (Å²) < 4.78 is 12.6. The molecule has 186 valence electrons. The van der Waals surface area contributed by atoms with E-state index in [-0.39, 0.29) is 23.4 Å². The van der Waals surface area contributed by atoms with Crippen LogP contribution >= 0.6 is 0 Å². The van der Waals surface area contributed by atoms with Gasteiger partial charge in [-0.05, 0) is 42.2 Å². The Bertz CT molecular complexity index is 1170. The number of rotatable bonds is 8. The van der Waals surface area contributed by atoms with E-state index in [9.17, 15) is 9.90 Å². The molecule has 0 aliphatic carbocycles. The van der Waals surface area contributed by atoms with E-state index in [2.05, 4.69) is 34.3 Å². The van der Waals surface area contributed by atoms with Gasteiger partial charge in [0.1, 0.15) is 11.5 Å². The molecule has 0 unspecified atom stereocenters. The molecule has 0 spiro atoms. The molecule has 1 aliphatic rings. The lowest BCUT2D eigenvalue weighted by Gasteiger charge is -2.26. The number of nitrogens with one attached hydrogen (secondary N) is 1. The van der Waals surface area contributed by atoms with E-state index in [0.717, 1.165) is 44.1 Å². The number of amides is 1. The summed E-state index contributed by atoms with van der Waals surface area (Å²) in [5.74, 6) is 0.970. The number of aromatic hydroxyl groups is 1. The zero-order valence-electron chi connectivity index (χ0n) is 20.7. The minimum Gasteiger partial charge on any atom is -0.507 e. The molecule has 0 bridgehead atoms. The number of phenols is 1. The number of phenolic OH excluding ortho intramolecular Hbond substituents is 1. The molecule has 2 N–H and O–H groups in total. The summed E-state index contributed by atoms with van der Waals surface area (Å²) in [7, 11) is 1.58. The molecule has 9 heteroatoms. The van der Waals surface area contributed by atoms with E-state index in [0.29, 0.717) is 23.7 Å². The summed E-state index contributed by atoms with van der Waals surface area (Å²) in [5.41, 5.74) is 3.31. The first kappa shape index (κ1) is 24.7. The number of carbonyl (C=O) groups excluding carboxylic acids is 1. The second-order valence-electron chi connectivity index (χ2n) is 8.86. The Kier molecular flexibility index (Phi) is 7.67. The molecule has 1 saturated heterocycles. The van der Waals surface area contributed by atoms with Gasteiger partial charge in [0.2, 0.25) is 5.82 Å². The second kappa shape index (κ2) is 10.9. The Morgan fingerprint density at radius 2 is 1.89 bits per heavy atom. The standard InChI is InChI=1S/C26H33N5O4/c1-5-27-26(33)25-29-28-24(21-14-20(17(2)3)23(34-4)15-22(21)32)31(25)19-8-6-18(7-9-19)16-30-10-12-35-13-11-30/h6-9,14-15,17,32H,5,10-13,16H2,1-4H3,(H,27,33). The highest BCUT2D eigenvalue weighted by atomic mass is 16.5. The minimum absolute atomic E-state index is 0.00582. The zero-order chi connectivity index (χ0) is 24.9. The number of ether oxygens (including phenoxy) is 2.